The summed E-state index contributed by atoms with van der Waals surface area (Å²) in [6.07, 6.45) is 1.72. The highest BCUT2D eigenvalue weighted by molar-refractivity contribution is 5.78. The number of piperidine rings is 1. The number of ether oxygens (including phenoxy) is 1. The van der Waals surface area contributed by atoms with Crippen LogP contribution in [0.15, 0.2) is 24.3 Å². The van der Waals surface area contributed by atoms with Crippen molar-refractivity contribution >= 4 is 5.91 Å². The van der Waals surface area contributed by atoms with E-state index >= 15 is 0 Å². The molecule has 2 rings (SSSR count). The van der Waals surface area contributed by atoms with Gasteiger partial charge in [-0.1, -0.05) is 18.2 Å². The molecule has 110 valence electrons. The lowest BCUT2D eigenvalue weighted by Gasteiger charge is -2.32. The number of carbonyl (C=O) groups excluding carboxylic acids is 1. The van der Waals surface area contributed by atoms with E-state index in [4.69, 9.17) is 4.74 Å². The summed E-state index contributed by atoms with van der Waals surface area (Å²) in [6, 6.07) is 6.66. The minimum atomic E-state index is -0.228. The fraction of sp³-hybridized carbons (Fsp3) is 0.533. The number of benzene rings is 1. The summed E-state index contributed by atoms with van der Waals surface area (Å²) < 4.78 is 19.2. The smallest absolute Gasteiger partial charge is 0.236 e. The number of hydrogen-bond donors (Lipinski definition) is 1. The molecule has 0 aromatic heterocycles. The second kappa shape index (κ2) is 7.36. The third kappa shape index (κ3) is 4.02. The van der Waals surface area contributed by atoms with Crippen LogP contribution >= 0.6 is 0 Å². The minimum absolute atomic E-state index is 0.105. The summed E-state index contributed by atoms with van der Waals surface area (Å²) in [4.78, 5) is 13.5. The van der Waals surface area contributed by atoms with E-state index in [0.29, 0.717) is 31.8 Å². The Kier molecular flexibility index (Phi) is 5.49. The predicted molar refractivity (Wildman–Crippen MR) is 74.7 cm³/mol. The molecular formula is C15H21FN2O2. The van der Waals surface area contributed by atoms with Crippen LogP contribution in [0.1, 0.15) is 18.4 Å². The van der Waals surface area contributed by atoms with Gasteiger partial charge in [-0.2, -0.15) is 0 Å². The third-order valence-corrected chi connectivity index (χ3v) is 3.56. The van der Waals surface area contributed by atoms with Crippen LogP contribution in [0.4, 0.5) is 4.39 Å². The molecule has 1 fully saturated rings. The molecule has 0 spiro atoms. The summed E-state index contributed by atoms with van der Waals surface area (Å²) in [5, 5.41) is 2.86. The number of hydrogen-bond acceptors (Lipinski definition) is 3. The fourth-order valence-electron chi connectivity index (χ4n) is 2.36. The van der Waals surface area contributed by atoms with Crippen molar-refractivity contribution in [3.8, 4) is 0 Å². The topological polar surface area (TPSA) is 41.6 Å². The minimum Gasteiger partial charge on any atom is -0.373 e. The van der Waals surface area contributed by atoms with Crippen LogP contribution in [0.5, 0.6) is 0 Å². The van der Waals surface area contributed by atoms with Gasteiger partial charge in [-0.15, -0.1) is 0 Å². The van der Waals surface area contributed by atoms with E-state index in [9.17, 15) is 9.18 Å². The molecule has 20 heavy (non-hydrogen) atoms. The van der Waals surface area contributed by atoms with Crippen LogP contribution in [0.25, 0.3) is 0 Å². The number of carbonyl (C=O) groups is 1. The van der Waals surface area contributed by atoms with Gasteiger partial charge < -0.3 is 15.0 Å². The molecule has 4 nitrogen and oxygen atoms in total. The first-order valence-corrected chi connectivity index (χ1v) is 6.98. The lowest BCUT2D eigenvalue weighted by atomic mass is 10.1. The van der Waals surface area contributed by atoms with Crippen molar-refractivity contribution in [2.75, 3.05) is 26.7 Å². The van der Waals surface area contributed by atoms with Gasteiger partial charge in [0.05, 0.1) is 19.3 Å². The van der Waals surface area contributed by atoms with Crippen molar-refractivity contribution in [3.05, 3.63) is 35.6 Å². The van der Waals surface area contributed by atoms with E-state index in [1.165, 1.54) is 6.07 Å². The van der Waals surface area contributed by atoms with Crippen molar-refractivity contribution in [3.63, 3.8) is 0 Å². The SMILES string of the molecule is CNCC(=O)N1CCC(OCc2ccccc2F)CC1. The number of nitrogens with zero attached hydrogens (tertiary/aromatic N) is 1. The molecule has 1 saturated heterocycles. The maximum Gasteiger partial charge on any atom is 0.236 e. The van der Waals surface area contributed by atoms with Gasteiger partial charge in [0.1, 0.15) is 5.82 Å². The van der Waals surface area contributed by atoms with E-state index in [1.807, 2.05) is 4.90 Å². The molecule has 0 bridgehead atoms. The summed E-state index contributed by atoms with van der Waals surface area (Å²) in [6.45, 7) is 2.09. The van der Waals surface area contributed by atoms with Crippen molar-refractivity contribution in [2.24, 2.45) is 0 Å². The summed E-state index contributed by atoms with van der Waals surface area (Å²) in [5.74, 6) is -0.103. The second-order valence-electron chi connectivity index (χ2n) is 5.01. The first-order valence-electron chi connectivity index (χ1n) is 6.98. The average molecular weight is 280 g/mol. The molecule has 0 atom stereocenters. The van der Waals surface area contributed by atoms with Gasteiger partial charge in [-0.25, -0.2) is 4.39 Å². The molecule has 5 heteroatoms. The molecular weight excluding hydrogens is 259 g/mol. The predicted octanol–water partition coefficient (Wildman–Crippen LogP) is 1.55. The standard InChI is InChI=1S/C15H21FN2O2/c1-17-10-15(19)18-8-6-13(7-9-18)20-11-12-4-2-3-5-14(12)16/h2-5,13,17H,6-11H2,1H3. The van der Waals surface area contributed by atoms with Crippen molar-refractivity contribution < 1.29 is 13.9 Å². The Morgan fingerprint density at radius 1 is 1.40 bits per heavy atom. The van der Waals surface area contributed by atoms with Crippen LogP contribution in [0.2, 0.25) is 0 Å². The van der Waals surface area contributed by atoms with Crippen molar-refractivity contribution in [1.29, 1.82) is 0 Å². The third-order valence-electron chi connectivity index (χ3n) is 3.56. The van der Waals surface area contributed by atoms with E-state index in [-0.39, 0.29) is 17.8 Å². The zero-order chi connectivity index (χ0) is 14.4. The van der Waals surface area contributed by atoms with E-state index < -0.39 is 0 Å². The largest absolute Gasteiger partial charge is 0.373 e. The average Bonchev–Trinajstić information content (AvgIpc) is 2.47. The molecule has 1 heterocycles. The number of amides is 1. The molecule has 1 aliphatic heterocycles. The van der Waals surface area contributed by atoms with Crippen molar-refractivity contribution in [1.82, 2.24) is 10.2 Å². The van der Waals surface area contributed by atoms with Crippen LogP contribution in [0, 0.1) is 5.82 Å². The number of halogens is 1. The maximum atomic E-state index is 13.5. The van der Waals surface area contributed by atoms with Gasteiger partial charge in [0.25, 0.3) is 0 Å². The normalized spacial score (nSPS) is 16.4. The molecule has 0 unspecified atom stereocenters. The van der Waals surface area contributed by atoms with Crippen LogP contribution < -0.4 is 5.32 Å². The Hall–Kier alpha value is -1.46. The van der Waals surface area contributed by atoms with Crippen LogP contribution in [0.3, 0.4) is 0 Å². The summed E-state index contributed by atoms with van der Waals surface area (Å²) in [7, 11) is 1.77. The molecule has 0 saturated carbocycles. The molecule has 0 radical (unpaired) electrons. The number of likely N-dealkylation sites (tertiary alicyclic amines) is 1. The van der Waals surface area contributed by atoms with Gasteiger partial charge in [-0.05, 0) is 26.0 Å². The quantitative estimate of drug-likeness (QED) is 0.890. The summed E-state index contributed by atoms with van der Waals surface area (Å²) >= 11 is 0. The lowest BCUT2D eigenvalue weighted by molar-refractivity contribution is -0.132. The fourth-order valence-corrected chi connectivity index (χ4v) is 2.36. The Balaban J connectivity index is 1.75. The number of rotatable bonds is 5. The Morgan fingerprint density at radius 3 is 2.75 bits per heavy atom. The monoisotopic (exact) mass is 280 g/mol. The molecule has 1 aromatic carbocycles. The maximum absolute atomic E-state index is 13.5. The second-order valence-corrected chi connectivity index (χ2v) is 5.01. The van der Waals surface area contributed by atoms with Gasteiger partial charge in [-0.3, -0.25) is 4.79 Å². The Labute approximate surface area is 118 Å². The van der Waals surface area contributed by atoms with Crippen molar-refractivity contribution in [2.45, 2.75) is 25.6 Å². The van der Waals surface area contributed by atoms with E-state index in [1.54, 1.807) is 25.2 Å². The van der Waals surface area contributed by atoms with Crippen LogP contribution in [-0.4, -0.2) is 43.6 Å². The van der Waals surface area contributed by atoms with Gasteiger partial charge in [0, 0.05) is 18.7 Å². The van der Waals surface area contributed by atoms with E-state index in [0.717, 1.165) is 12.8 Å². The summed E-state index contributed by atoms with van der Waals surface area (Å²) in [5.41, 5.74) is 0.584. The first kappa shape index (κ1) is 14.9. The first-order chi connectivity index (χ1) is 9.70. The highest BCUT2D eigenvalue weighted by atomic mass is 19.1. The van der Waals surface area contributed by atoms with Crippen LogP contribution in [-0.2, 0) is 16.1 Å². The zero-order valence-corrected chi connectivity index (χ0v) is 11.8. The Bertz CT molecular complexity index is 445. The zero-order valence-electron chi connectivity index (χ0n) is 11.8. The van der Waals surface area contributed by atoms with E-state index in [2.05, 4.69) is 5.32 Å². The Morgan fingerprint density at radius 2 is 2.10 bits per heavy atom. The van der Waals surface area contributed by atoms with Gasteiger partial charge in [0.15, 0.2) is 0 Å². The molecule has 1 N–H and O–H groups in total. The highest BCUT2D eigenvalue weighted by Gasteiger charge is 2.22. The van der Waals surface area contributed by atoms with Gasteiger partial charge >= 0.3 is 0 Å². The lowest BCUT2D eigenvalue weighted by Crippen LogP contribution is -2.44. The molecule has 1 amide bonds. The van der Waals surface area contributed by atoms with Gasteiger partial charge in [0.2, 0.25) is 5.91 Å². The number of nitrogens with one attached hydrogen (secondary N) is 1. The molecule has 1 aliphatic rings. The number of likely N-dealkylation sites (N-methyl/N-ethyl adjacent to an activating group) is 1. The molecule has 0 aliphatic carbocycles. The highest BCUT2D eigenvalue weighted by Crippen LogP contribution is 2.16. The molecule has 1 aromatic rings.